The minimum absolute atomic E-state index is 0.0826. The highest BCUT2D eigenvalue weighted by molar-refractivity contribution is 7.90. The minimum atomic E-state index is -5.07. The number of aldehydes is 1. The van der Waals surface area contributed by atoms with E-state index in [1.54, 1.807) is 0 Å². The number of carbonyl (C=O) groups is 1. The van der Waals surface area contributed by atoms with Crippen molar-refractivity contribution in [3.05, 3.63) is 33.9 Å². The van der Waals surface area contributed by atoms with E-state index in [1.165, 1.54) is 0 Å². The lowest BCUT2D eigenvalue weighted by atomic mass is 10.0. The molecule has 0 saturated carbocycles. The van der Waals surface area contributed by atoms with Crippen LogP contribution in [0.1, 0.15) is 11.5 Å². The number of hydrogen-bond acceptors (Lipinski definition) is 9. The quantitative estimate of drug-likeness (QED) is 0.266. The molecule has 0 aliphatic carbocycles. The van der Waals surface area contributed by atoms with E-state index >= 15 is 0 Å². The Balaban J connectivity index is 3.55. The fourth-order valence-corrected chi connectivity index (χ4v) is 2.88. The Morgan fingerprint density at radius 1 is 1.30 bits per heavy atom. The van der Waals surface area contributed by atoms with Crippen LogP contribution in [-0.2, 0) is 24.7 Å². The summed E-state index contributed by atoms with van der Waals surface area (Å²) in [6.07, 6.45) is 0.725. The van der Waals surface area contributed by atoms with E-state index in [9.17, 15) is 36.9 Å². The Morgan fingerprint density at radius 3 is 2.26 bits per heavy atom. The van der Waals surface area contributed by atoms with Gasteiger partial charge < -0.3 is 9.90 Å². The van der Waals surface area contributed by atoms with Crippen LogP contribution in [0.15, 0.2) is 23.1 Å². The molecule has 0 saturated heterocycles. The van der Waals surface area contributed by atoms with Crippen molar-refractivity contribution >= 4 is 26.2 Å². The predicted molar refractivity (Wildman–Crippen MR) is 73.5 cm³/mol. The first-order chi connectivity index (χ1) is 10.4. The molecule has 2 atom stereocenters. The van der Waals surface area contributed by atoms with Gasteiger partial charge in [0.15, 0.2) is 15.3 Å². The topological polar surface area (TPSA) is 178 Å². The van der Waals surface area contributed by atoms with Crippen LogP contribution in [0, 0.1) is 10.1 Å². The van der Waals surface area contributed by atoms with E-state index < -0.39 is 52.6 Å². The number of benzene rings is 1. The molecular weight excluding hydrogens is 358 g/mol. The predicted octanol–water partition coefficient (Wildman–Crippen LogP) is -0.851. The SMILES string of the molecule is CS(=O)(=O)c1ccc(C(C=O)C(O)S(=O)(=O)O)c(O[N+](=O)[O-])c1. The van der Waals surface area contributed by atoms with Crippen molar-refractivity contribution in [1.29, 1.82) is 0 Å². The largest absolute Gasteiger partial charge is 0.374 e. The number of nitrogens with zero attached hydrogens (tertiary/aromatic N) is 1. The van der Waals surface area contributed by atoms with Crippen LogP contribution in [0.5, 0.6) is 5.75 Å². The standard InChI is InChI=1S/C10H11NO10S2/c1-22(16,17)6-2-3-7(9(4-6)21-11(14)15)8(5-12)10(13)23(18,19)20/h2-5,8,10,13H,1H3,(H,18,19,20). The third kappa shape index (κ3) is 4.69. The molecule has 0 fully saturated rings. The van der Waals surface area contributed by atoms with Crippen molar-refractivity contribution in [2.75, 3.05) is 6.26 Å². The lowest BCUT2D eigenvalue weighted by Crippen LogP contribution is -2.29. The van der Waals surface area contributed by atoms with Gasteiger partial charge in [0, 0.05) is 6.26 Å². The van der Waals surface area contributed by atoms with Crippen molar-refractivity contribution < 1.29 is 41.2 Å². The number of aliphatic hydroxyl groups excluding tert-OH is 1. The van der Waals surface area contributed by atoms with Crippen molar-refractivity contribution in [2.24, 2.45) is 0 Å². The smallest absolute Gasteiger partial charge is 0.299 e. The lowest BCUT2D eigenvalue weighted by Gasteiger charge is -2.18. The second kappa shape index (κ2) is 6.57. The molecular formula is C10H11NO10S2. The van der Waals surface area contributed by atoms with E-state index in [0.29, 0.717) is 6.07 Å². The average Bonchev–Trinajstić information content (AvgIpc) is 2.38. The summed E-state index contributed by atoms with van der Waals surface area (Å²) in [5.41, 5.74) is -3.10. The molecule has 2 unspecified atom stereocenters. The summed E-state index contributed by atoms with van der Waals surface area (Å²) in [5.74, 6) is -2.70. The molecule has 1 aromatic carbocycles. The van der Waals surface area contributed by atoms with E-state index in [1.807, 2.05) is 0 Å². The van der Waals surface area contributed by atoms with Gasteiger partial charge in [-0.15, -0.1) is 10.1 Å². The van der Waals surface area contributed by atoms with Gasteiger partial charge in [-0.1, -0.05) is 6.07 Å². The first kappa shape index (κ1) is 19.0. The normalized spacial score (nSPS) is 14.7. The number of hydrogen-bond donors (Lipinski definition) is 2. The van der Waals surface area contributed by atoms with Gasteiger partial charge in [0.1, 0.15) is 12.0 Å². The highest BCUT2D eigenvalue weighted by atomic mass is 32.2. The lowest BCUT2D eigenvalue weighted by molar-refractivity contribution is -0.711. The highest BCUT2D eigenvalue weighted by Crippen LogP contribution is 2.32. The molecule has 0 spiro atoms. The Morgan fingerprint density at radius 2 is 1.87 bits per heavy atom. The molecule has 0 aliphatic heterocycles. The van der Waals surface area contributed by atoms with Gasteiger partial charge in [-0.25, -0.2) is 8.42 Å². The maximum atomic E-state index is 11.4. The summed E-state index contributed by atoms with van der Waals surface area (Å²) in [4.78, 5) is 25.2. The van der Waals surface area contributed by atoms with Gasteiger partial charge in [-0.05, 0) is 17.7 Å². The van der Waals surface area contributed by atoms with Crippen LogP contribution in [-0.4, -0.2) is 49.6 Å². The monoisotopic (exact) mass is 369 g/mol. The second-order valence-corrected chi connectivity index (χ2v) is 7.88. The minimum Gasteiger partial charge on any atom is -0.374 e. The second-order valence-electron chi connectivity index (χ2n) is 4.35. The van der Waals surface area contributed by atoms with Crippen LogP contribution in [0.3, 0.4) is 0 Å². The zero-order chi connectivity index (χ0) is 18.0. The molecule has 0 radical (unpaired) electrons. The fraction of sp³-hybridized carbons (Fsp3) is 0.300. The van der Waals surface area contributed by atoms with E-state index in [2.05, 4.69) is 4.84 Å². The summed E-state index contributed by atoms with van der Waals surface area (Å²) < 4.78 is 53.5. The number of aliphatic hydroxyl groups is 1. The van der Waals surface area contributed by atoms with E-state index in [0.717, 1.165) is 18.4 Å². The van der Waals surface area contributed by atoms with E-state index in [4.69, 9.17) is 4.55 Å². The summed E-state index contributed by atoms with van der Waals surface area (Å²) in [6.45, 7) is 0. The number of sulfone groups is 1. The Hall–Kier alpha value is -2.09. The molecule has 23 heavy (non-hydrogen) atoms. The molecule has 128 valence electrons. The van der Waals surface area contributed by atoms with Crippen LogP contribution < -0.4 is 4.84 Å². The van der Waals surface area contributed by atoms with Crippen LogP contribution in [0.4, 0.5) is 0 Å². The molecule has 0 amide bonds. The molecule has 11 nitrogen and oxygen atoms in total. The molecule has 0 aliphatic rings. The third-order valence-corrected chi connectivity index (χ3v) is 4.72. The molecule has 13 heteroatoms. The van der Waals surface area contributed by atoms with Gasteiger partial charge >= 0.3 is 0 Å². The molecule has 2 N–H and O–H groups in total. The van der Waals surface area contributed by atoms with Crippen molar-refractivity contribution in [3.8, 4) is 5.75 Å². The summed E-state index contributed by atoms with van der Waals surface area (Å²) in [7, 11) is -8.85. The maximum Gasteiger partial charge on any atom is 0.299 e. The van der Waals surface area contributed by atoms with Crippen LogP contribution in [0.2, 0.25) is 0 Å². The Kier molecular flexibility index (Phi) is 5.42. The summed E-state index contributed by atoms with van der Waals surface area (Å²) >= 11 is 0. The first-order valence-electron chi connectivity index (χ1n) is 5.64. The van der Waals surface area contributed by atoms with Crippen LogP contribution >= 0.6 is 0 Å². The van der Waals surface area contributed by atoms with Gasteiger partial charge in [-0.2, -0.15) is 8.42 Å². The molecule has 0 bridgehead atoms. The molecule has 0 heterocycles. The van der Waals surface area contributed by atoms with Gasteiger partial charge in [-0.3, -0.25) is 9.39 Å². The van der Waals surface area contributed by atoms with Gasteiger partial charge in [0.25, 0.3) is 15.2 Å². The molecule has 1 rings (SSSR count). The maximum absolute atomic E-state index is 11.4. The van der Waals surface area contributed by atoms with Gasteiger partial charge in [0.05, 0.1) is 10.8 Å². The Bertz CT molecular complexity index is 829. The number of rotatable bonds is 7. The molecule has 1 aromatic rings. The third-order valence-electron chi connectivity index (χ3n) is 2.70. The summed E-state index contributed by atoms with van der Waals surface area (Å²) in [6, 6.07) is 2.49. The van der Waals surface area contributed by atoms with E-state index in [-0.39, 0.29) is 6.29 Å². The van der Waals surface area contributed by atoms with Crippen molar-refractivity contribution in [3.63, 3.8) is 0 Å². The zero-order valence-electron chi connectivity index (χ0n) is 11.4. The summed E-state index contributed by atoms with van der Waals surface area (Å²) in [5, 5.41) is 18.6. The Labute approximate surface area is 130 Å². The fourth-order valence-electron chi connectivity index (χ4n) is 1.66. The molecule has 0 aromatic heterocycles. The van der Waals surface area contributed by atoms with Gasteiger partial charge in [0.2, 0.25) is 0 Å². The zero-order valence-corrected chi connectivity index (χ0v) is 13.0. The number of carbonyl (C=O) groups excluding carboxylic acids is 1. The van der Waals surface area contributed by atoms with Crippen LogP contribution in [0.25, 0.3) is 0 Å². The highest BCUT2D eigenvalue weighted by Gasteiger charge is 2.33. The van der Waals surface area contributed by atoms with Crippen molar-refractivity contribution in [2.45, 2.75) is 16.2 Å². The first-order valence-corrected chi connectivity index (χ1v) is 9.03. The average molecular weight is 369 g/mol. The van der Waals surface area contributed by atoms with Crippen molar-refractivity contribution in [1.82, 2.24) is 0 Å².